The van der Waals surface area contributed by atoms with Gasteiger partial charge in [0.15, 0.2) is 0 Å². The zero-order valence-corrected chi connectivity index (χ0v) is 10.8. The number of hydrogen-bond donors (Lipinski definition) is 1. The summed E-state index contributed by atoms with van der Waals surface area (Å²) in [7, 11) is 0. The van der Waals surface area contributed by atoms with E-state index in [1.807, 2.05) is 0 Å². The maximum absolute atomic E-state index is 3.94. The van der Waals surface area contributed by atoms with Gasteiger partial charge in [-0.3, -0.25) is 0 Å². The van der Waals surface area contributed by atoms with Crippen molar-refractivity contribution in [1.82, 2.24) is 5.32 Å². The first kappa shape index (κ1) is 11.1. The summed E-state index contributed by atoms with van der Waals surface area (Å²) in [6.07, 6.45) is 12.0. The van der Waals surface area contributed by atoms with Crippen LogP contribution in [0.5, 0.6) is 0 Å². The molecule has 16 heavy (non-hydrogen) atoms. The number of nitrogens with one attached hydrogen (secondary N) is 1. The van der Waals surface area contributed by atoms with Gasteiger partial charge in [-0.2, -0.15) is 0 Å². The van der Waals surface area contributed by atoms with Crippen LogP contribution in [0.3, 0.4) is 0 Å². The molecular weight excluding hydrogens is 194 g/mol. The summed E-state index contributed by atoms with van der Waals surface area (Å²) >= 11 is 0. The molecule has 3 aliphatic rings. The summed E-state index contributed by atoms with van der Waals surface area (Å²) in [5.74, 6) is 4.11. The zero-order valence-electron chi connectivity index (χ0n) is 10.8. The van der Waals surface area contributed by atoms with E-state index in [1.165, 1.54) is 57.9 Å². The van der Waals surface area contributed by atoms with E-state index in [4.69, 9.17) is 0 Å². The Labute approximate surface area is 100 Å². The topological polar surface area (TPSA) is 12.0 Å². The monoisotopic (exact) mass is 221 g/mol. The molecule has 0 radical (unpaired) electrons. The Hall–Kier alpha value is -0.0400. The molecule has 3 rings (SSSR count). The van der Waals surface area contributed by atoms with Gasteiger partial charge in [-0.25, -0.2) is 0 Å². The summed E-state index contributed by atoms with van der Waals surface area (Å²) in [4.78, 5) is 0. The first-order valence-electron chi connectivity index (χ1n) is 7.58. The molecule has 1 heteroatoms. The Balaban J connectivity index is 1.49. The third-order valence-electron chi connectivity index (χ3n) is 5.18. The van der Waals surface area contributed by atoms with Crippen LogP contribution in [-0.2, 0) is 0 Å². The molecule has 3 aliphatic carbocycles. The van der Waals surface area contributed by atoms with Crippen molar-refractivity contribution in [3.63, 3.8) is 0 Å². The lowest BCUT2D eigenvalue weighted by Crippen LogP contribution is -2.40. The molecule has 3 fully saturated rings. The molecule has 92 valence electrons. The fourth-order valence-electron chi connectivity index (χ4n) is 3.64. The van der Waals surface area contributed by atoms with Crippen molar-refractivity contribution in [2.45, 2.75) is 64.3 Å². The lowest BCUT2D eigenvalue weighted by atomic mass is 9.82. The van der Waals surface area contributed by atoms with E-state index >= 15 is 0 Å². The molecule has 0 spiro atoms. The van der Waals surface area contributed by atoms with Crippen molar-refractivity contribution >= 4 is 0 Å². The molecule has 3 saturated carbocycles. The van der Waals surface area contributed by atoms with Gasteiger partial charge < -0.3 is 5.32 Å². The van der Waals surface area contributed by atoms with Gasteiger partial charge in [0.2, 0.25) is 0 Å². The minimum Gasteiger partial charge on any atom is -0.313 e. The fraction of sp³-hybridized carbons (Fsp3) is 1.00. The maximum atomic E-state index is 3.94. The van der Waals surface area contributed by atoms with Gasteiger partial charge in [-0.1, -0.05) is 26.2 Å². The van der Waals surface area contributed by atoms with Crippen molar-refractivity contribution in [1.29, 1.82) is 0 Å². The summed E-state index contributed by atoms with van der Waals surface area (Å²) in [5, 5.41) is 3.94. The van der Waals surface area contributed by atoms with Crippen LogP contribution in [-0.4, -0.2) is 12.6 Å². The van der Waals surface area contributed by atoms with Crippen LogP contribution in [0.2, 0.25) is 0 Å². The fourth-order valence-corrected chi connectivity index (χ4v) is 3.64. The van der Waals surface area contributed by atoms with Gasteiger partial charge in [0.25, 0.3) is 0 Å². The summed E-state index contributed by atoms with van der Waals surface area (Å²) in [5.41, 5.74) is 0. The minimum atomic E-state index is 0.896. The van der Waals surface area contributed by atoms with E-state index in [2.05, 4.69) is 12.2 Å². The van der Waals surface area contributed by atoms with Crippen molar-refractivity contribution in [2.24, 2.45) is 23.7 Å². The number of rotatable bonds is 5. The Morgan fingerprint density at radius 3 is 2.19 bits per heavy atom. The van der Waals surface area contributed by atoms with E-state index in [0.29, 0.717) is 0 Å². The van der Waals surface area contributed by atoms with Gasteiger partial charge in [-0.15, -0.1) is 0 Å². The van der Waals surface area contributed by atoms with E-state index in [9.17, 15) is 0 Å². The van der Waals surface area contributed by atoms with Gasteiger partial charge >= 0.3 is 0 Å². The predicted molar refractivity (Wildman–Crippen MR) is 68.4 cm³/mol. The lowest BCUT2D eigenvalue weighted by molar-refractivity contribution is 0.245. The SMILES string of the molecule is CC1CC1CNC(C1CCCCC1)C1CC1. The first-order valence-corrected chi connectivity index (χ1v) is 7.58. The normalized spacial score (nSPS) is 37.3. The van der Waals surface area contributed by atoms with Gasteiger partial charge in [0.05, 0.1) is 0 Å². The van der Waals surface area contributed by atoms with Gasteiger partial charge in [0.1, 0.15) is 0 Å². The zero-order chi connectivity index (χ0) is 11.0. The van der Waals surface area contributed by atoms with Crippen LogP contribution in [0.1, 0.15) is 58.3 Å². The molecule has 0 heterocycles. The molecule has 0 aliphatic heterocycles. The second kappa shape index (κ2) is 4.68. The third kappa shape index (κ3) is 2.61. The Kier molecular flexibility index (Phi) is 3.24. The van der Waals surface area contributed by atoms with Crippen molar-refractivity contribution in [2.75, 3.05) is 6.54 Å². The molecule has 0 saturated heterocycles. The Morgan fingerprint density at radius 1 is 1.00 bits per heavy atom. The molecule has 0 amide bonds. The molecule has 0 aromatic carbocycles. The minimum absolute atomic E-state index is 0.896. The summed E-state index contributed by atoms with van der Waals surface area (Å²) < 4.78 is 0. The Bertz CT molecular complexity index is 228. The molecular formula is C15H27N. The predicted octanol–water partition coefficient (Wildman–Crippen LogP) is 3.59. The lowest BCUT2D eigenvalue weighted by Gasteiger charge is -2.31. The van der Waals surface area contributed by atoms with Crippen molar-refractivity contribution in [3.05, 3.63) is 0 Å². The van der Waals surface area contributed by atoms with Crippen LogP contribution in [0.25, 0.3) is 0 Å². The van der Waals surface area contributed by atoms with Crippen molar-refractivity contribution in [3.8, 4) is 0 Å². The molecule has 0 aromatic rings. The largest absolute Gasteiger partial charge is 0.313 e. The van der Waals surface area contributed by atoms with Crippen LogP contribution < -0.4 is 5.32 Å². The van der Waals surface area contributed by atoms with Crippen molar-refractivity contribution < 1.29 is 0 Å². The summed E-state index contributed by atoms with van der Waals surface area (Å²) in [6, 6.07) is 0.896. The average molecular weight is 221 g/mol. The van der Waals surface area contributed by atoms with E-state index in [0.717, 1.165) is 29.7 Å². The smallest absolute Gasteiger partial charge is 0.0124 e. The first-order chi connectivity index (χ1) is 7.84. The standard InChI is InChI=1S/C15H27N/c1-11-9-14(11)10-16-15(13-7-8-13)12-5-3-2-4-6-12/h11-16H,2-10H2,1H3. The van der Waals surface area contributed by atoms with E-state index in [-0.39, 0.29) is 0 Å². The highest BCUT2D eigenvalue weighted by Crippen LogP contribution is 2.42. The van der Waals surface area contributed by atoms with Gasteiger partial charge in [-0.05, 0) is 62.3 Å². The average Bonchev–Trinajstić information content (AvgIpc) is 3.20. The second-order valence-corrected chi connectivity index (χ2v) is 6.64. The van der Waals surface area contributed by atoms with Gasteiger partial charge in [0, 0.05) is 6.04 Å². The summed E-state index contributed by atoms with van der Waals surface area (Å²) in [6.45, 7) is 3.72. The third-order valence-corrected chi connectivity index (χ3v) is 5.18. The molecule has 3 unspecified atom stereocenters. The highest BCUT2D eigenvalue weighted by Gasteiger charge is 2.39. The molecule has 3 atom stereocenters. The van der Waals surface area contributed by atoms with Crippen LogP contribution >= 0.6 is 0 Å². The molecule has 1 nitrogen and oxygen atoms in total. The Morgan fingerprint density at radius 2 is 1.62 bits per heavy atom. The van der Waals surface area contributed by atoms with E-state index < -0.39 is 0 Å². The maximum Gasteiger partial charge on any atom is 0.0124 e. The number of hydrogen-bond acceptors (Lipinski definition) is 1. The second-order valence-electron chi connectivity index (χ2n) is 6.64. The van der Waals surface area contributed by atoms with Crippen LogP contribution in [0, 0.1) is 23.7 Å². The quantitative estimate of drug-likeness (QED) is 0.748. The van der Waals surface area contributed by atoms with Crippen LogP contribution in [0.4, 0.5) is 0 Å². The highest BCUT2D eigenvalue weighted by molar-refractivity contribution is 4.94. The molecule has 0 aromatic heterocycles. The van der Waals surface area contributed by atoms with Crippen LogP contribution in [0.15, 0.2) is 0 Å². The molecule has 1 N–H and O–H groups in total. The molecule has 0 bridgehead atoms. The highest BCUT2D eigenvalue weighted by atomic mass is 14.9. The van der Waals surface area contributed by atoms with E-state index in [1.54, 1.807) is 0 Å².